The molecule has 0 bridgehead atoms. The number of fused-ring (bicyclic) bond motifs is 1. The third kappa shape index (κ3) is 3.66. The molecule has 2 N–H and O–H groups in total. The number of nitrogens with one attached hydrogen (secondary N) is 2. The molecule has 0 spiro atoms. The fraction of sp³-hybridized carbons (Fsp3) is 0.300. The maximum Gasteiger partial charge on any atom is 0.319 e. The lowest BCUT2D eigenvalue weighted by atomic mass is 10.1. The summed E-state index contributed by atoms with van der Waals surface area (Å²) < 4.78 is 15.9. The number of carbonyl (C=O) groups is 2. The Hall–Kier alpha value is -3.42. The molecule has 8 heteroatoms. The molecule has 2 aliphatic heterocycles. The molecule has 4 rings (SSSR count). The molecule has 1 fully saturated rings. The van der Waals surface area contributed by atoms with Crippen molar-refractivity contribution in [3.63, 3.8) is 0 Å². The summed E-state index contributed by atoms with van der Waals surface area (Å²) in [6, 6.07) is 12.3. The van der Waals surface area contributed by atoms with Crippen LogP contribution in [0.4, 0.5) is 16.2 Å². The maximum absolute atomic E-state index is 12.4. The molecular weight excluding hydrogens is 362 g/mol. The molecule has 2 aromatic carbocycles. The van der Waals surface area contributed by atoms with Gasteiger partial charge in [0.25, 0.3) is 0 Å². The Balaban J connectivity index is 1.33. The van der Waals surface area contributed by atoms with Gasteiger partial charge in [0.05, 0.1) is 12.8 Å². The van der Waals surface area contributed by atoms with Crippen molar-refractivity contribution in [1.82, 2.24) is 5.32 Å². The average molecular weight is 383 g/mol. The van der Waals surface area contributed by atoms with Gasteiger partial charge in [0.2, 0.25) is 12.7 Å². The van der Waals surface area contributed by atoms with Crippen molar-refractivity contribution in [2.24, 2.45) is 5.92 Å². The molecule has 1 saturated heterocycles. The zero-order chi connectivity index (χ0) is 19.5. The van der Waals surface area contributed by atoms with E-state index in [2.05, 4.69) is 10.6 Å². The van der Waals surface area contributed by atoms with Gasteiger partial charge >= 0.3 is 6.03 Å². The number of hydrogen-bond acceptors (Lipinski definition) is 5. The highest BCUT2D eigenvalue weighted by Crippen LogP contribution is 2.37. The molecule has 0 aromatic heterocycles. The molecule has 28 heavy (non-hydrogen) atoms. The highest BCUT2D eigenvalue weighted by atomic mass is 16.7. The Morgan fingerprint density at radius 1 is 1.21 bits per heavy atom. The first-order valence-corrected chi connectivity index (χ1v) is 9.02. The highest BCUT2D eigenvalue weighted by Gasteiger charge is 2.31. The van der Waals surface area contributed by atoms with E-state index in [-0.39, 0.29) is 24.6 Å². The number of amides is 3. The van der Waals surface area contributed by atoms with Crippen LogP contribution in [0.2, 0.25) is 0 Å². The molecule has 1 unspecified atom stereocenters. The van der Waals surface area contributed by atoms with Crippen molar-refractivity contribution in [2.75, 3.05) is 37.2 Å². The largest absolute Gasteiger partial charge is 0.495 e. The molecule has 146 valence electrons. The molecule has 1 atom stereocenters. The molecule has 8 nitrogen and oxygen atoms in total. The first kappa shape index (κ1) is 18.0. The van der Waals surface area contributed by atoms with E-state index in [9.17, 15) is 9.59 Å². The number of hydrogen-bond donors (Lipinski definition) is 2. The molecule has 3 amide bonds. The van der Waals surface area contributed by atoms with Crippen LogP contribution in [0, 0.1) is 5.92 Å². The van der Waals surface area contributed by atoms with Crippen molar-refractivity contribution >= 4 is 23.3 Å². The molecule has 2 heterocycles. The van der Waals surface area contributed by atoms with E-state index in [1.807, 2.05) is 24.3 Å². The van der Waals surface area contributed by atoms with Crippen molar-refractivity contribution in [3.8, 4) is 17.2 Å². The predicted molar refractivity (Wildman–Crippen MR) is 103 cm³/mol. The predicted octanol–water partition coefficient (Wildman–Crippen LogP) is 2.60. The van der Waals surface area contributed by atoms with Crippen LogP contribution in [0.15, 0.2) is 42.5 Å². The highest BCUT2D eigenvalue weighted by molar-refractivity contribution is 5.96. The lowest BCUT2D eigenvalue weighted by Crippen LogP contribution is -2.34. The molecule has 0 aliphatic carbocycles. The maximum atomic E-state index is 12.4. The van der Waals surface area contributed by atoms with E-state index in [1.54, 1.807) is 30.2 Å². The zero-order valence-electron chi connectivity index (χ0n) is 15.4. The third-order valence-electron chi connectivity index (χ3n) is 4.78. The second-order valence-corrected chi connectivity index (χ2v) is 6.65. The lowest BCUT2D eigenvalue weighted by Gasteiger charge is -2.17. The summed E-state index contributed by atoms with van der Waals surface area (Å²) in [5.41, 5.74) is 1.36. The second-order valence-electron chi connectivity index (χ2n) is 6.65. The van der Waals surface area contributed by atoms with Gasteiger partial charge in [-0.05, 0) is 24.3 Å². The van der Waals surface area contributed by atoms with Crippen LogP contribution in [0.25, 0.3) is 0 Å². The van der Waals surface area contributed by atoms with E-state index in [0.717, 1.165) is 5.69 Å². The van der Waals surface area contributed by atoms with Gasteiger partial charge in [-0.3, -0.25) is 4.79 Å². The van der Waals surface area contributed by atoms with Crippen LogP contribution in [0.5, 0.6) is 17.2 Å². The van der Waals surface area contributed by atoms with E-state index >= 15 is 0 Å². The Morgan fingerprint density at radius 2 is 2.04 bits per heavy atom. The van der Waals surface area contributed by atoms with E-state index in [1.165, 1.54) is 0 Å². The van der Waals surface area contributed by atoms with Gasteiger partial charge in [0.1, 0.15) is 5.75 Å². The van der Waals surface area contributed by atoms with Crippen LogP contribution in [0.1, 0.15) is 6.42 Å². The van der Waals surface area contributed by atoms with Crippen LogP contribution < -0.4 is 29.7 Å². The van der Waals surface area contributed by atoms with E-state index in [0.29, 0.717) is 42.4 Å². The third-order valence-corrected chi connectivity index (χ3v) is 4.78. The number of benzene rings is 2. The van der Waals surface area contributed by atoms with Crippen molar-refractivity contribution < 1.29 is 23.8 Å². The number of para-hydroxylation sites is 2. The number of anilines is 2. The summed E-state index contributed by atoms with van der Waals surface area (Å²) >= 11 is 0. The topological polar surface area (TPSA) is 89.1 Å². The van der Waals surface area contributed by atoms with Crippen molar-refractivity contribution in [2.45, 2.75) is 6.42 Å². The number of rotatable bonds is 5. The standard InChI is InChI=1S/C20H21N3O5/c1-26-16-5-3-2-4-15(16)22-20(25)21-10-13-8-19(24)23(11-13)14-6-7-17-18(9-14)28-12-27-17/h2-7,9,13H,8,10-12H2,1H3,(H2,21,22,25). The first-order valence-electron chi connectivity index (χ1n) is 9.02. The average Bonchev–Trinajstić information content (AvgIpc) is 3.32. The van der Waals surface area contributed by atoms with Crippen LogP contribution in [-0.4, -0.2) is 38.9 Å². The van der Waals surface area contributed by atoms with Crippen LogP contribution in [-0.2, 0) is 4.79 Å². The minimum atomic E-state index is -0.335. The van der Waals surface area contributed by atoms with Crippen molar-refractivity contribution in [3.05, 3.63) is 42.5 Å². The first-order chi connectivity index (χ1) is 13.6. The lowest BCUT2D eigenvalue weighted by molar-refractivity contribution is -0.117. The molecular formula is C20H21N3O5. The zero-order valence-corrected chi connectivity index (χ0v) is 15.4. The summed E-state index contributed by atoms with van der Waals surface area (Å²) in [6.45, 7) is 1.13. The minimum Gasteiger partial charge on any atom is -0.495 e. The number of urea groups is 1. The van der Waals surface area contributed by atoms with E-state index in [4.69, 9.17) is 14.2 Å². The van der Waals surface area contributed by atoms with Gasteiger partial charge in [0.15, 0.2) is 11.5 Å². The summed E-state index contributed by atoms with van der Waals surface area (Å²) in [7, 11) is 1.55. The molecule has 0 radical (unpaired) electrons. The van der Waals surface area contributed by atoms with Gasteiger partial charge in [-0.2, -0.15) is 0 Å². The quantitative estimate of drug-likeness (QED) is 0.829. The van der Waals surface area contributed by atoms with E-state index < -0.39 is 0 Å². The minimum absolute atomic E-state index is 0.0239. The SMILES string of the molecule is COc1ccccc1NC(=O)NCC1CC(=O)N(c2ccc3c(c2)OCO3)C1. The fourth-order valence-electron chi connectivity index (χ4n) is 3.37. The Kier molecular flexibility index (Phi) is 4.92. The second kappa shape index (κ2) is 7.67. The van der Waals surface area contributed by atoms with Gasteiger partial charge in [0, 0.05) is 37.2 Å². The van der Waals surface area contributed by atoms with Gasteiger partial charge < -0.3 is 29.7 Å². The summed E-state index contributed by atoms with van der Waals surface area (Å²) in [5.74, 6) is 1.96. The number of methoxy groups -OCH3 is 1. The van der Waals surface area contributed by atoms with Gasteiger partial charge in [-0.25, -0.2) is 4.79 Å². The smallest absolute Gasteiger partial charge is 0.319 e. The van der Waals surface area contributed by atoms with Gasteiger partial charge in [-0.15, -0.1) is 0 Å². The van der Waals surface area contributed by atoms with Crippen molar-refractivity contribution in [1.29, 1.82) is 0 Å². The molecule has 2 aliphatic rings. The number of ether oxygens (including phenoxy) is 3. The van der Waals surface area contributed by atoms with Crippen LogP contribution in [0.3, 0.4) is 0 Å². The summed E-state index contributed by atoms with van der Waals surface area (Å²) in [6.07, 6.45) is 0.378. The summed E-state index contributed by atoms with van der Waals surface area (Å²) in [4.78, 5) is 26.3. The Bertz CT molecular complexity index is 901. The Labute approximate surface area is 162 Å². The number of nitrogens with zero attached hydrogens (tertiary/aromatic N) is 1. The Morgan fingerprint density at radius 3 is 2.89 bits per heavy atom. The van der Waals surface area contributed by atoms with Gasteiger partial charge in [-0.1, -0.05) is 12.1 Å². The van der Waals surface area contributed by atoms with Crippen LogP contribution >= 0.6 is 0 Å². The molecule has 0 saturated carbocycles. The fourth-order valence-corrected chi connectivity index (χ4v) is 3.37. The monoisotopic (exact) mass is 383 g/mol. The number of carbonyl (C=O) groups excluding carboxylic acids is 2. The summed E-state index contributed by atoms with van der Waals surface area (Å²) in [5, 5.41) is 5.59. The normalized spacial score (nSPS) is 17.5. The molecule has 2 aromatic rings.